The minimum Gasteiger partial charge on any atom is -0.311 e. The van der Waals surface area contributed by atoms with Crippen LogP contribution in [-0.2, 0) is 5.41 Å². The maximum Gasteiger partial charge on any atom is 0.147 e. The summed E-state index contributed by atoms with van der Waals surface area (Å²) in [6, 6.07) is 140. The highest BCUT2D eigenvalue weighted by Crippen LogP contribution is 2.53. The molecule has 0 saturated heterocycles. The molecule has 0 saturated carbocycles. The molecule has 0 atom stereocenters. The molecule has 0 N–H and O–H groups in total. The van der Waals surface area contributed by atoms with Crippen LogP contribution in [0.3, 0.4) is 0 Å². The van der Waals surface area contributed by atoms with Crippen LogP contribution in [0.5, 0.6) is 0 Å². The van der Waals surface area contributed by atoms with Crippen LogP contribution in [0, 0.1) is 12.7 Å². The van der Waals surface area contributed by atoms with Crippen LogP contribution in [0.4, 0.5) is 38.5 Å². The van der Waals surface area contributed by atoms with Gasteiger partial charge in [-0.1, -0.05) is 287 Å². The highest BCUT2D eigenvalue weighted by Gasteiger charge is 2.36. The van der Waals surface area contributed by atoms with E-state index in [1.807, 2.05) is 35.2 Å². The van der Waals surface area contributed by atoms with Crippen LogP contribution >= 0.6 is 0 Å². The van der Waals surface area contributed by atoms with Crippen LogP contribution in [0.25, 0.3) is 164 Å². The Morgan fingerprint density at radius 1 is 0.248 bits per heavy atom. The van der Waals surface area contributed by atoms with Crippen LogP contribution < -0.4 is 9.80 Å². The van der Waals surface area contributed by atoms with Crippen molar-refractivity contribution in [3.63, 3.8) is 0 Å². The number of aryl methyl sites for hydroxylation is 1. The molecular weight excluding hydrogens is 1370 g/mol. The van der Waals surface area contributed by atoms with Crippen molar-refractivity contribution in [3.8, 4) is 55.9 Å². The number of nitrogens with zero attached hydrogens (tertiary/aromatic N) is 4. The molecule has 2 aromatic heterocycles. The summed E-state index contributed by atoms with van der Waals surface area (Å²) in [5.74, 6) is -0.259. The number of rotatable bonds is 11. The summed E-state index contributed by atoms with van der Waals surface area (Å²) >= 11 is 0. The van der Waals surface area contributed by atoms with Crippen molar-refractivity contribution in [2.24, 2.45) is 0 Å². The normalized spacial score (nSPS) is 12.5. The van der Waals surface area contributed by atoms with Gasteiger partial charge in [-0.15, -0.1) is 0 Å². The number of hydrogen-bond donors (Lipinski definition) is 0. The largest absolute Gasteiger partial charge is 0.311 e. The van der Waals surface area contributed by atoms with Crippen molar-refractivity contribution in [1.82, 2.24) is 9.13 Å². The predicted octanol–water partition coefficient (Wildman–Crippen LogP) is 30.1. The summed E-state index contributed by atoms with van der Waals surface area (Å²) in [5.41, 5.74) is 26.7. The Morgan fingerprint density at radius 3 is 1.21 bits per heavy atom. The van der Waals surface area contributed by atoms with E-state index in [1.54, 1.807) is 6.07 Å². The van der Waals surface area contributed by atoms with Crippen LogP contribution in [0.15, 0.2) is 388 Å². The Balaban J connectivity index is 0.000000138. The standard InChI is InChI=1S/C55H38N2.C53H35FN2/c1-55(2)48-19-11-9-17-43(48)44-32-28-41(34-49(44)55)57-50-20-12-10-18-46(50)54-47-31-24-36-23-29-42(45-30-25-37(33-51(54)57)53(47)52(36)45)35-21-26-40(27-22-35)56(38-13-5-3-6-14-38)39-15-7-4-8-16-39;1-34-11-5-8-16-47(34)55(49-18-10-7-15-46(49)54)40-28-21-37(22-29-40)42-30-23-38-24-32-45-52-39(25-31-43(42)51(38)52)33-50-53(45)44-14-6-9-17-48(44)56(50)41-26-19-36(20-27-41)35-12-3-2-4-13-35/h3-34H,1-2H3;2-33H,1H3. The molecule has 4 nitrogen and oxygen atoms in total. The number of para-hydroxylation sites is 6. The number of anilines is 6. The first-order valence-corrected chi connectivity index (χ1v) is 39.1. The molecule has 1 aliphatic carbocycles. The molecule has 2 heterocycles. The second-order valence-corrected chi connectivity index (χ2v) is 30.8. The first-order chi connectivity index (χ1) is 55.7. The summed E-state index contributed by atoms with van der Waals surface area (Å²) in [4.78, 5) is 4.33. The zero-order chi connectivity index (χ0) is 75.2. The highest BCUT2D eigenvalue weighted by atomic mass is 19.1. The lowest BCUT2D eigenvalue weighted by Gasteiger charge is -2.27. The van der Waals surface area contributed by atoms with Gasteiger partial charge in [0, 0.05) is 66.8 Å². The Hall–Kier alpha value is -14.4. The molecule has 0 fully saturated rings. The van der Waals surface area contributed by atoms with Gasteiger partial charge in [-0.05, 0) is 248 Å². The van der Waals surface area contributed by atoms with Crippen molar-refractivity contribution in [2.75, 3.05) is 9.80 Å². The van der Waals surface area contributed by atoms with E-state index in [4.69, 9.17) is 0 Å². The average Bonchev–Trinajstić information content (AvgIpc) is 1.65. The maximum absolute atomic E-state index is 15.4. The lowest BCUT2D eigenvalue weighted by atomic mass is 9.82. The van der Waals surface area contributed by atoms with Crippen LogP contribution in [0.1, 0.15) is 30.5 Å². The van der Waals surface area contributed by atoms with E-state index in [2.05, 4.69) is 381 Å². The van der Waals surface area contributed by atoms with Gasteiger partial charge in [-0.25, -0.2) is 4.39 Å². The van der Waals surface area contributed by atoms with E-state index in [9.17, 15) is 0 Å². The molecule has 0 amide bonds. The Bertz CT molecular complexity index is 7420. The number of benzene rings is 20. The fourth-order valence-electron chi connectivity index (χ4n) is 19.0. The van der Waals surface area contributed by atoms with Gasteiger partial charge >= 0.3 is 0 Å². The molecule has 532 valence electrons. The third-order valence-corrected chi connectivity index (χ3v) is 24.2. The van der Waals surface area contributed by atoms with Gasteiger partial charge in [0.05, 0.1) is 27.8 Å². The maximum atomic E-state index is 15.4. The molecule has 20 aromatic carbocycles. The lowest BCUT2D eigenvalue weighted by molar-refractivity contribution is 0.629. The van der Waals surface area contributed by atoms with E-state index < -0.39 is 0 Å². The first-order valence-electron chi connectivity index (χ1n) is 39.1. The molecule has 0 unspecified atom stereocenters. The predicted molar refractivity (Wildman–Crippen MR) is 477 cm³/mol. The van der Waals surface area contributed by atoms with E-state index >= 15 is 4.39 Å². The number of hydrogen-bond acceptors (Lipinski definition) is 2. The molecule has 22 aromatic rings. The zero-order valence-corrected chi connectivity index (χ0v) is 62.6. The molecule has 0 spiro atoms. The zero-order valence-electron chi connectivity index (χ0n) is 62.6. The van der Waals surface area contributed by atoms with Gasteiger partial charge < -0.3 is 18.9 Å². The third kappa shape index (κ3) is 10.4. The summed E-state index contributed by atoms with van der Waals surface area (Å²) in [6.45, 7) is 6.80. The topological polar surface area (TPSA) is 16.3 Å². The summed E-state index contributed by atoms with van der Waals surface area (Å²) in [6.07, 6.45) is 0. The van der Waals surface area contributed by atoms with Crippen molar-refractivity contribution in [3.05, 3.63) is 411 Å². The SMILES string of the molecule is CC1(C)c2ccccc2-c2ccc(-n3c4ccccc4c4c5ccc6ccc(-c7ccc(N(c8ccccc8)c8ccccc8)cc7)c7ccc(cc43)c5c67)cc21.Cc1ccccc1N(c1ccc(-c2ccc3ccc4c5c(ccc2c35)cc2c4c3ccccc3n2-c2ccc(-c3ccccc3)cc2)cc1)c1ccccc1F. The van der Waals surface area contributed by atoms with Crippen LogP contribution in [-0.4, -0.2) is 9.13 Å². The molecule has 0 bridgehead atoms. The molecule has 0 radical (unpaired) electrons. The Morgan fingerprint density at radius 2 is 0.646 bits per heavy atom. The van der Waals surface area contributed by atoms with E-state index in [0.29, 0.717) is 5.69 Å². The van der Waals surface area contributed by atoms with Gasteiger partial charge in [0.25, 0.3) is 0 Å². The van der Waals surface area contributed by atoms with Gasteiger partial charge in [-0.2, -0.15) is 0 Å². The summed E-state index contributed by atoms with van der Waals surface area (Å²) in [5, 5.41) is 20.4. The molecule has 5 heteroatoms. The molecule has 113 heavy (non-hydrogen) atoms. The highest BCUT2D eigenvalue weighted by molar-refractivity contribution is 6.36. The van der Waals surface area contributed by atoms with Gasteiger partial charge in [0.2, 0.25) is 0 Å². The van der Waals surface area contributed by atoms with Gasteiger partial charge in [0.15, 0.2) is 0 Å². The molecular formula is C108H73FN4. The third-order valence-electron chi connectivity index (χ3n) is 24.2. The fraction of sp³-hybridized carbons (Fsp3) is 0.0370. The second-order valence-electron chi connectivity index (χ2n) is 30.8. The van der Waals surface area contributed by atoms with Crippen molar-refractivity contribution in [2.45, 2.75) is 26.2 Å². The summed E-state index contributed by atoms with van der Waals surface area (Å²) in [7, 11) is 0. The number of fused-ring (bicyclic) bond motifs is 11. The minimum atomic E-state index is -0.259. The quantitative estimate of drug-likeness (QED) is 0.120. The van der Waals surface area contributed by atoms with E-state index in [0.717, 1.165) is 45.3 Å². The van der Waals surface area contributed by atoms with Gasteiger partial charge in [0.1, 0.15) is 5.82 Å². The van der Waals surface area contributed by atoms with E-state index in [-0.39, 0.29) is 11.2 Å². The van der Waals surface area contributed by atoms with E-state index in [1.165, 1.54) is 170 Å². The second kappa shape index (κ2) is 25.9. The van der Waals surface area contributed by atoms with Crippen molar-refractivity contribution >= 4 is 142 Å². The smallest absolute Gasteiger partial charge is 0.147 e. The minimum absolute atomic E-state index is 0.0708. The molecule has 23 rings (SSSR count). The Labute approximate surface area is 654 Å². The van der Waals surface area contributed by atoms with Crippen LogP contribution in [0.2, 0.25) is 0 Å². The molecule has 0 aliphatic heterocycles. The Kier molecular flexibility index (Phi) is 15.0. The monoisotopic (exact) mass is 1440 g/mol. The lowest BCUT2D eigenvalue weighted by Crippen LogP contribution is -2.15. The van der Waals surface area contributed by atoms with Gasteiger partial charge in [-0.3, -0.25) is 0 Å². The summed E-state index contributed by atoms with van der Waals surface area (Å²) < 4.78 is 20.3. The number of aromatic nitrogens is 2. The van der Waals surface area contributed by atoms with Crippen molar-refractivity contribution < 1.29 is 4.39 Å². The molecule has 1 aliphatic rings. The first kappa shape index (κ1) is 65.7. The number of halogens is 1. The average molecular weight is 1450 g/mol. The fourth-order valence-corrected chi connectivity index (χ4v) is 19.0. The van der Waals surface area contributed by atoms with Crippen molar-refractivity contribution in [1.29, 1.82) is 0 Å².